The Morgan fingerprint density at radius 1 is 0.870 bits per heavy atom. The van der Waals surface area contributed by atoms with E-state index in [-0.39, 0.29) is 0 Å². The molecule has 0 bridgehead atoms. The molecule has 0 aliphatic heterocycles. The summed E-state index contributed by atoms with van der Waals surface area (Å²) in [7, 11) is 0. The van der Waals surface area contributed by atoms with Crippen LogP contribution in [0.5, 0.6) is 11.5 Å². The second-order valence-electron chi connectivity index (χ2n) is 5.10. The van der Waals surface area contributed by atoms with Gasteiger partial charge in [-0.25, -0.2) is 9.97 Å². The molecule has 0 aliphatic carbocycles. The number of rotatable bonds is 3. The van der Waals surface area contributed by atoms with Crippen molar-refractivity contribution in [2.45, 2.75) is 0 Å². The Bertz CT molecular complexity index is 963. The molecule has 4 aromatic rings. The lowest BCUT2D eigenvalue weighted by atomic mass is 10.0. The molecule has 5 heteroatoms. The van der Waals surface area contributed by atoms with Crippen LogP contribution in [0.1, 0.15) is 0 Å². The maximum absolute atomic E-state index is 6.03. The molecule has 0 unspecified atom stereocenters. The summed E-state index contributed by atoms with van der Waals surface area (Å²) >= 11 is 0. The van der Waals surface area contributed by atoms with Crippen molar-refractivity contribution in [2.24, 2.45) is 0 Å². The van der Waals surface area contributed by atoms with Gasteiger partial charge in [0, 0.05) is 17.3 Å². The molecule has 4 rings (SSSR count). The maximum Gasteiger partial charge on any atom is 0.143 e. The quantitative estimate of drug-likeness (QED) is 0.599. The Hall–Kier alpha value is -3.34. The predicted octanol–water partition coefficient (Wildman–Crippen LogP) is 4.00. The van der Waals surface area contributed by atoms with Gasteiger partial charge in [0.1, 0.15) is 29.3 Å². The van der Waals surface area contributed by atoms with Gasteiger partial charge in [0.25, 0.3) is 0 Å². The SMILES string of the molecule is Nc1ncnc2[nH]cc(-c3ccccc3Oc3ccccc3)c12. The van der Waals surface area contributed by atoms with E-state index in [1.165, 1.54) is 6.33 Å². The summed E-state index contributed by atoms with van der Waals surface area (Å²) in [6.45, 7) is 0. The van der Waals surface area contributed by atoms with Crippen LogP contribution in [0.4, 0.5) is 5.82 Å². The molecule has 112 valence electrons. The number of hydrogen-bond donors (Lipinski definition) is 2. The van der Waals surface area contributed by atoms with Crippen LogP contribution in [-0.4, -0.2) is 15.0 Å². The van der Waals surface area contributed by atoms with Crippen molar-refractivity contribution in [2.75, 3.05) is 5.73 Å². The number of ether oxygens (including phenoxy) is 1. The molecular weight excluding hydrogens is 288 g/mol. The van der Waals surface area contributed by atoms with Crippen LogP contribution >= 0.6 is 0 Å². The highest BCUT2D eigenvalue weighted by Gasteiger charge is 2.14. The van der Waals surface area contributed by atoms with Crippen LogP contribution in [0.2, 0.25) is 0 Å². The van der Waals surface area contributed by atoms with Gasteiger partial charge in [-0.3, -0.25) is 0 Å². The van der Waals surface area contributed by atoms with Gasteiger partial charge in [-0.1, -0.05) is 36.4 Å². The van der Waals surface area contributed by atoms with Gasteiger partial charge < -0.3 is 15.5 Å². The van der Waals surface area contributed by atoms with Crippen molar-refractivity contribution in [1.82, 2.24) is 15.0 Å². The Morgan fingerprint density at radius 2 is 1.65 bits per heavy atom. The lowest BCUT2D eigenvalue weighted by Crippen LogP contribution is -1.93. The molecule has 0 spiro atoms. The molecular formula is C18H14N4O. The van der Waals surface area contributed by atoms with E-state index >= 15 is 0 Å². The Balaban J connectivity index is 1.86. The number of nitrogen functional groups attached to an aromatic ring is 1. The van der Waals surface area contributed by atoms with Gasteiger partial charge in [-0.05, 0) is 18.2 Å². The number of nitrogens with zero attached hydrogens (tertiary/aromatic N) is 2. The van der Waals surface area contributed by atoms with Gasteiger partial charge >= 0.3 is 0 Å². The molecule has 0 fully saturated rings. The molecule has 0 amide bonds. The average Bonchev–Trinajstić information content (AvgIpc) is 3.02. The van der Waals surface area contributed by atoms with E-state index in [4.69, 9.17) is 10.5 Å². The molecule has 2 aromatic carbocycles. The van der Waals surface area contributed by atoms with Crippen molar-refractivity contribution < 1.29 is 4.74 Å². The van der Waals surface area contributed by atoms with Crippen molar-refractivity contribution >= 4 is 16.9 Å². The molecule has 0 saturated heterocycles. The first-order chi connectivity index (χ1) is 11.3. The molecule has 0 saturated carbocycles. The molecule has 5 nitrogen and oxygen atoms in total. The van der Waals surface area contributed by atoms with Gasteiger partial charge in [0.05, 0.1) is 5.39 Å². The number of hydrogen-bond acceptors (Lipinski definition) is 4. The zero-order chi connectivity index (χ0) is 15.6. The summed E-state index contributed by atoms with van der Waals surface area (Å²) in [5.74, 6) is 1.98. The van der Waals surface area contributed by atoms with E-state index in [0.29, 0.717) is 11.5 Å². The number of benzene rings is 2. The number of anilines is 1. The molecule has 0 atom stereocenters. The Labute approximate surface area is 132 Å². The number of nitrogens with two attached hydrogens (primary N) is 1. The van der Waals surface area contributed by atoms with Crippen molar-refractivity contribution in [3.8, 4) is 22.6 Å². The summed E-state index contributed by atoms with van der Waals surface area (Å²) in [4.78, 5) is 11.4. The first kappa shape index (κ1) is 13.3. The van der Waals surface area contributed by atoms with Crippen LogP contribution < -0.4 is 10.5 Å². The summed E-state index contributed by atoms with van der Waals surface area (Å²) < 4.78 is 6.03. The number of aromatic nitrogens is 3. The fourth-order valence-electron chi connectivity index (χ4n) is 2.59. The lowest BCUT2D eigenvalue weighted by molar-refractivity contribution is 0.484. The third kappa shape index (κ3) is 2.38. The van der Waals surface area contributed by atoms with Crippen molar-refractivity contribution in [3.63, 3.8) is 0 Å². The second kappa shape index (κ2) is 5.46. The molecule has 2 heterocycles. The van der Waals surface area contributed by atoms with E-state index in [1.807, 2.05) is 60.8 Å². The van der Waals surface area contributed by atoms with Crippen LogP contribution in [0, 0.1) is 0 Å². The lowest BCUT2D eigenvalue weighted by Gasteiger charge is -2.11. The van der Waals surface area contributed by atoms with Crippen molar-refractivity contribution in [3.05, 3.63) is 67.1 Å². The predicted molar refractivity (Wildman–Crippen MR) is 90.3 cm³/mol. The minimum absolute atomic E-state index is 0.445. The van der Waals surface area contributed by atoms with Crippen LogP contribution in [0.3, 0.4) is 0 Å². The van der Waals surface area contributed by atoms with Gasteiger partial charge in [0.15, 0.2) is 0 Å². The minimum Gasteiger partial charge on any atom is -0.457 e. The van der Waals surface area contributed by atoms with Gasteiger partial charge in [0.2, 0.25) is 0 Å². The van der Waals surface area contributed by atoms with E-state index < -0.39 is 0 Å². The zero-order valence-electron chi connectivity index (χ0n) is 12.2. The first-order valence-electron chi connectivity index (χ1n) is 7.23. The highest BCUT2D eigenvalue weighted by molar-refractivity contribution is 6.01. The molecule has 3 N–H and O–H groups in total. The number of para-hydroxylation sites is 2. The standard InChI is InChI=1S/C18H14N4O/c19-17-16-14(10-20-18(16)22-11-21-17)13-8-4-5-9-15(13)23-12-6-2-1-3-7-12/h1-11H,(H3,19,20,21,22). The van der Waals surface area contributed by atoms with Crippen LogP contribution in [-0.2, 0) is 0 Å². The maximum atomic E-state index is 6.03. The van der Waals surface area contributed by atoms with Crippen LogP contribution in [0.15, 0.2) is 67.1 Å². The van der Waals surface area contributed by atoms with Gasteiger partial charge in [-0.15, -0.1) is 0 Å². The smallest absolute Gasteiger partial charge is 0.143 e. The van der Waals surface area contributed by atoms with E-state index in [1.54, 1.807) is 0 Å². The highest BCUT2D eigenvalue weighted by Crippen LogP contribution is 2.37. The summed E-state index contributed by atoms with van der Waals surface area (Å²) in [5, 5.41) is 0.802. The summed E-state index contributed by atoms with van der Waals surface area (Å²) in [6, 6.07) is 17.5. The fourth-order valence-corrected chi connectivity index (χ4v) is 2.59. The van der Waals surface area contributed by atoms with Crippen LogP contribution in [0.25, 0.3) is 22.2 Å². The second-order valence-corrected chi connectivity index (χ2v) is 5.10. The Kier molecular flexibility index (Phi) is 3.16. The number of fused-ring (bicyclic) bond motifs is 1. The third-order valence-corrected chi connectivity index (χ3v) is 3.65. The molecule has 2 aromatic heterocycles. The number of aromatic amines is 1. The van der Waals surface area contributed by atoms with Gasteiger partial charge in [-0.2, -0.15) is 0 Å². The van der Waals surface area contributed by atoms with Crippen molar-refractivity contribution in [1.29, 1.82) is 0 Å². The third-order valence-electron chi connectivity index (χ3n) is 3.65. The number of nitrogens with one attached hydrogen (secondary N) is 1. The largest absolute Gasteiger partial charge is 0.457 e. The van der Waals surface area contributed by atoms with E-state index in [0.717, 1.165) is 28.0 Å². The highest BCUT2D eigenvalue weighted by atomic mass is 16.5. The molecule has 0 aliphatic rings. The summed E-state index contributed by atoms with van der Waals surface area (Å²) in [6.07, 6.45) is 3.33. The average molecular weight is 302 g/mol. The monoisotopic (exact) mass is 302 g/mol. The minimum atomic E-state index is 0.445. The summed E-state index contributed by atoms with van der Waals surface area (Å²) in [5.41, 5.74) is 8.60. The molecule has 0 radical (unpaired) electrons. The van der Waals surface area contributed by atoms with E-state index in [9.17, 15) is 0 Å². The Morgan fingerprint density at radius 3 is 2.52 bits per heavy atom. The zero-order valence-corrected chi connectivity index (χ0v) is 12.2. The molecule has 23 heavy (non-hydrogen) atoms. The normalized spacial score (nSPS) is 10.8. The fraction of sp³-hybridized carbons (Fsp3) is 0. The first-order valence-corrected chi connectivity index (χ1v) is 7.23. The topological polar surface area (TPSA) is 76.8 Å². The number of H-pyrrole nitrogens is 1. The van der Waals surface area contributed by atoms with E-state index in [2.05, 4.69) is 15.0 Å².